The number of benzene rings is 2. The van der Waals surface area contributed by atoms with Crippen LogP contribution in [-0.4, -0.2) is 4.92 Å². The van der Waals surface area contributed by atoms with E-state index in [-0.39, 0.29) is 5.69 Å². The van der Waals surface area contributed by atoms with Crippen LogP contribution >= 0.6 is 0 Å². The fourth-order valence-electron chi connectivity index (χ4n) is 1.08. The van der Waals surface area contributed by atoms with Gasteiger partial charge in [0.15, 0.2) is 0 Å². The molecule has 0 fully saturated rings. The fourth-order valence-corrected chi connectivity index (χ4v) is 1.21. The highest BCUT2D eigenvalue weighted by Gasteiger charge is 1.98. The summed E-state index contributed by atoms with van der Waals surface area (Å²) in [5.41, 5.74) is 7.05. The number of rotatable bonds is 2. The Kier molecular flexibility index (Phi) is 5.40. The topological polar surface area (TPSA) is 81.5 Å². The van der Waals surface area contributed by atoms with E-state index in [9.17, 15) is 10.1 Å². The predicted molar refractivity (Wildman–Crippen MR) is 73.4 cm³/mol. The lowest BCUT2D eigenvalue weighted by molar-refractivity contribution is -0.384. The van der Waals surface area contributed by atoms with Gasteiger partial charge in [0, 0.05) is 30.2 Å². The maximum atomic E-state index is 10.0. The van der Waals surface area contributed by atoms with Gasteiger partial charge in [-0.1, -0.05) is 18.2 Å². The number of para-hydroxylation sites is 1. The Hall–Kier alpha value is -2.34. The van der Waals surface area contributed by atoms with E-state index in [1.165, 1.54) is 12.1 Å². The minimum Gasteiger partial charge on any atom is -0.399 e. The molecule has 0 amide bonds. The van der Waals surface area contributed by atoms with Crippen LogP contribution in [0.3, 0.4) is 0 Å². The number of nitrogens with zero attached hydrogens (tertiary/aromatic N) is 2. The highest BCUT2D eigenvalue weighted by Crippen LogP contribution is 2.12. The van der Waals surface area contributed by atoms with Crippen molar-refractivity contribution in [3.63, 3.8) is 0 Å². The standard InChI is InChI=1S/C6H6N2S.C6H5NO2/c7-5-1-3-6(8-9)4-2-5;8-7(9)6-4-2-1-3-5-6/h1-4H,7H2;1-5H. The molecule has 0 heterocycles. The molecule has 2 aromatic rings. The summed E-state index contributed by atoms with van der Waals surface area (Å²) in [6.07, 6.45) is 0. The van der Waals surface area contributed by atoms with Crippen LogP contribution < -0.4 is 5.73 Å². The van der Waals surface area contributed by atoms with Crippen molar-refractivity contribution in [1.29, 1.82) is 0 Å². The Balaban J connectivity index is 0.000000180. The van der Waals surface area contributed by atoms with E-state index in [4.69, 9.17) is 5.73 Å². The molecule has 0 saturated carbocycles. The van der Waals surface area contributed by atoms with Crippen LogP contribution in [0.25, 0.3) is 0 Å². The summed E-state index contributed by atoms with van der Waals surface area (Å²) >= 11 is 4.45. The third kappa shape index (κ3) is 4.67. The van der Waals surface area contributed by atoms with E-state index in [0.29, 0.717) is 0 Å². The summed E-state index contributed by atoms with van der Waals surface area (Å²) < 4.78 is 3.54. The second-order valence-corrected chi connectivity index (χ2v) is 3.46. The van der Waals surface area contributed by atoms with Gasteiger partial charge in [0.1, 0.15) is 0 Å². The minimum atomic E-state index is -0.417. The van der Waals surface area contributed by atoms with Crippen molar-refractivity contribution >= 4 is 29.5 Å². The molecule has 0 saturated heterocycles. The van der Waals surface area contributed by atoms with Crippen LogP contribution in [0.5, 0.6) is 0 Å². The fraction of sp³-hybridized carbons (Fsp3) is 0. The van der Waals surface area contributed by atoms with Crippen molar-refractivity contribution in [3.8, 4) is 0 Å². The van der Waals surface area contributed by atoms with Crippen molar-refractivity contribution in [1.82, 2.24) is 0 Å². The second kappa shape index (κ2) is 7.08. The zero-order valence-electron chi connectivity index (χ0n) is 9.39. The molecule has 0 radical (unpaired) electrons. The average Bonchev–Trinajstić information content (AvgIpc) is 2.41. The van der Waals surface area contributed by atoms with Crippen LogP contribution in [0.2, 0.25) is 0 Å². The van der Waals surface area contributed by atoms with E-state index >= 15 is 0 Å². The largest absolute Gasteiger partial charge is 0.399 e. The SMILES string of the molecule is Nc1ccc(N=S)cc1.O=[N+]([O-])c1ccccc1. The predicted octanol–water partition coefficient (Wildman–Crippen LogP) is 3.23. The number of nitro benzene ring substituents is 1. The van der Waals surface area contributed by atoms with Gasteiger partial charge in [0.05, 0.1) is 10.6 Å². The van der Waals surface area contributed by atoms with Crippen LogP contribution in [0.4, 0.5) is 17.1 Å². The van der Waals surface area contributed by atoms with Crippen molar-refractivity contribution in [2.75, 3.05) is 5.73 Å². The zero-order chi connectivity index (χ0) is 13.4. The smallest absolute Gasteiger partial charge is 0.269 e. The first-order valence-corrected chi connectivity index (χ1v) is 5.38. The van der Waals surface area contributed by atoms with Crippen LogP contribution in [0.15, 0.2) is 59.0 Å². The highest BCUT2D eigenvalue weighted by molar-refractivity contribution is 7.47. The minimum absolute atomic E-state index is 0.137. The van der Waals surface area contributed by atoms with Gasteiger partial charge >= 0.3 is 0 Å². The molecule has 5 nitrogen and oxygen atoms in total. The summed E-state index contributed by atoms with van der Waals surface area (Å²) in [7, 11) is 0. The van der Waals surface area contributed by atoms with Gasteiger partial charge in [-0.15, -0.1) is 0 Å². The Labute approximate surface area is 110 Å². The quantitative estimate of drug-likeness (QED) is 0.511. The van der Waals surface area contributed by atoms with Gasteiger partial charge in [0.2, 0.25) is 0 Å². The van der Waals surface area contributed by atoms with Crippen molar-refractivity contribution < 1.29 is 4.92 Å². The third-order valence-electron chi connectivity index (χ3n) is 1.97. The summed E-state index contributed by atoms with van der Waals surface area (Å²) in [5, 5.41) is 10.0. The molecular formula is C12H11N3O2S. The molecule has 6 heteroatoms. The van der Waals surface area contributed by atoms with E-state index in [0.717, 1.165) is 11.4 Å². The van der Waals surface area contributed by atoms with Gasteiger partial charge in [-0.2, -0.15) is 4.36 Å². The third-order valence-corrected chi connectivity index (χ3v) is 2.18. The lowest BCUT2D eigenvalue weighted by Gasteiger charge is -1.90. The first-order chi connectivity index (χ1) is 8.63. The zero-order valence-corrected chi connectivity index (χ0v) is 10.2. The molecule has 2 rings (SSSR count). The Morgan fingerprint density at radius 3 is 2.00 bits per heavy atom. The number of hydrogen-bond acceptors (Lipinski definition) is 5. The van der Waals surface area contributed by atoms with Gasteiger partial charge in [-0.25, -0.2) is 0 Å². The number of nitro groups is 1. The van der Waals surface area contributed by atoms with E-state index < -0.39 is 4.92 Å². The Morgan fingerprint density at radius 1 is 1.06 bits per heavy atom. The van der Waals surface area contributed by atoms with E-state index in [2.05, 4.69) is 16.8 Å². The van der Waals surface area contributed by atoms with Gasteiger partial charge in [0.25, 0.3) is 5.69 Å². The normalized spacial score (nSPS) is 8.89. The van der Waals surface area contributed by atoms with Crippen molar-refractivity contribution in [2.24, 2.45) is 4.36 Å². The van der Waals surface area contributed by atoms with Crippen molar-refractivity contribution in [3.05, 3.63) is 64.7 Å². The van der Waals surface area contributed by atoms with Crippen LogP contribution in [-0.2, 0) is 12.4 Å². The lowest BCUT2D eigenvalue weighted by Crippen LogP contribution is -1.84. The highest BCUT2D eigenvalue weighted by atomic mass is 32.1. The number of nitrogens with two attached hydrogens (primary N) is 1. The molecule has 0 unspecified atom stereocenters. The summed E-state index contributed by atoms with van der Waals surface area (Å²) in [6, 6.07) is 15.0. The summed E-state index contributed by atoms with van der Waals surface area (Å²) in [5.74, 6) is 0. The van der Waals surface area contributed by atoms with E-state index in [1.807, 2.05) is 0 Å². The maximum Gasteiger partial charge on any atom is 0.269 e. The number of non-ortho nitro benzene ring substituents is 1. The van der Waals surface area contributed by atoms with Gasteiger partial charge in [-0.05, 0) is 24.3 Å². The molecule has 18 heavy (non-hydrogen) atoms. The number of nitrogen functional groups attached to an aromatic ring is 1. The maximum absolute atomic E-state index is 10.0. The molecule has 2 N–H and O–H groups in total. The molecule has 0 aromatic heterocycles. The molecule has 0 spiro atoms. The molecule has 92 valence electrons. The van der Waals surface area contributed by atoms with Gasteiger partial charge < -0.3 is 5.73 Å². The lowest BCUT2D eigenvalue weighted by atomic mass is 10.3. The molecular weight excluding hydrogens is 250 g/mol. The summed E-state index contributed by atoms with van der Waals surface area (Å²) in [6.45, 7) is 0. The molecule has 0 bridgehead atoms. The molecule has 0 aliphatic rings. The first-order valence-electron chi connectivity index (χ1n) is 5.02. The van der Waals surface area contributed by atoms with Crippen LogP contribution in [0.1, 0.15) is 0 Å². The van der Waals surface area contributed by atoms with Crippen molar-refractivity contribution in [2.45, 2.75) is 0 Å². The second-order valence-electron chi connectivity index (χ2n) is 3.28. The molecule has 0 aliphatic carbocycles. The monoisotopic (exact) mass is 261 g/mol. The Morgan fingerprint density at radius 2 is 1.61 bits per heavy atom. The molecule has 0 aliphatic heterocycles. The number of hydrogen-bond donors (Lipinski definition) is 1. The van der Waals surface area contributed by atoms with E-state index in [1.54, 1.807) is 42.5 Å². The number of anilines is 1. The van der Waals surface area contributed by atoms with Gasteiger partial charge in [-0.3, -0.25) is 10.1 Å². The summed E-state index contributed by atoms with van der Waals surface area (Å²) in [4.78, 5) is 9.59. The Bertz CT molecular complexity index is 515. The molecule has 2 aromatic carbocycles. The van der Waals surface area contributed by atoms with Crippen LogP contribution in [0, 0.1) is 10.1 Å². The molecule has 0 atom stereocenters. The first kappa shape index (κ1) is 13.7. The average molecular weight is 261 g/mol.